The van der Waals surface area contributed by atoms with Crippen LogP contribution in [-0.2, 0) is 0 Å². The minimum absolute atomic E-state index is 0.0483. The van der Waals surface area contributed by atoms with Crippen molar-refractivity contribution in [1.29, 1.82) is 0 Å². The number of nitrogens with one attached hydrogen (secondary N) is 1. The summed E-state index contributed by atoms with van der Waals surface area (Å²) in [5.74, 6) is -0.345. The first kappa shape index (κ1) is 7.55. The molecule has 1 unspecified atom stereocenters. The van der Waals surface area contributed by atoms with Gasteiger partial charge in [-0.3, -0.25) is 0 Å². The van der Waals surface area contributed by atoms with Gasteiger partial charge in [0.15, 0.2) is 0 Å². The van der Waals surface area contributed by atoms with E-state index in [4.69, 9.17) is 0 Å². The van der Waals surface area contributed by atoms with E-state index in [0.29, 0.717) is 0 Å². The van der Waals surface area contributed by atoms with E-state index in [1.54, 1.807) is 6.07 Å². The molecule has 0 spiro atoms. The maximum atomic E-state index is 12.6. The quantitative estimate of drug-likeness (QED) is 0.665. The minimum Gasteiger partial charge on any atom is -0.508 e. The van der Waals surface area contributed by atoms with Crippen LogP contribution in [0.2, 0.25) is 0 Å². The Kier molecular flexibility index (Phi) is 1.73. The molecule has 0 amide bonds. The third kappa shape index (κ3) is 1.16. The molecule has 1 atom stereocenters. The zero-order chi connectivity index (χ0) is 8.55. The fourth-order valence-electron chi connectivity index (χ4n) is 1.37. The molecule has 1 fully saturated rings. The Morgan fingerprint density at radius 2 is 2.25 bits per heavy atom. The van der Waals surface area contributed by atoms with E-state index in [-0.39, 0.29) is 11.8 Å². The summed E-state index contributed by atoms with van der Waals surface area (Å²) in [6.07, 6.45) is 1.01. The third-order valence-electron chi connectivity index (χ3n) is 2.19. The molecule has 1 heterocycles. The van der Waals surface area contributed by atoms with Gasteiger partial charge in [-0.05, 0) is 19.0 Å². The molecule has 3 heteroatoms. The van der Waals surface area contributed by atoms with Gasteiger partial charge in [-0.25, -0.2) is 4.39 Å². The first-order chi connectivity index (χ1) is 5.77. The summed E-state index contributed by atoms with van der Waals surface area (Å²) >= 11 is 0. The molecule has 2 rings (SSSR count). The standard InChI is InChI=1S/C9H10FNO/c10-6-1-2-7(9(12)5-6)8-3-4-11-8/h1-2,5,8,11-12H,3-4H2. The number of rotatable bonds is 1. The van der Waals surface area contributed by atoms with Gasteiger partial charge in [-0.15, -0.1) is 0 Å². The molecule has 1 aromatic carbocycles. The van der Waals surface area contributed by atoms with Crippen molar-refractivity contribution in [1.82, 2.24) is 5.32 Å². The number of hydrogen-bond donors (Lipinski definition) is 2. The van der Waals surface area contributed by atoms with E-state index >= 15 is 0 Å². The predicted molar refractivity (Wildman–Crippen MR) is 43.4 cm³/mol. The number of phenols is 1. The van der Waals surface area contributed by atoms with Crippen LogP contribution >= 0.6 is 0 Å². The van der Waals surface area contributed by atoms with Gasteiger partial charge in [0.2, 0.25) is 0 Å². The lowest BCUT2D eigenvalue weighted by atomic mass is 9.97. The van der Waals surface area contributed by atoms with E-state index in [9.17, 15) is 9.50 Å². The van der Waals surface area contributed by atoms with Crippen molar-refractivity contribution in [2.45, 2.75) is 12.5 Å². The van der Waals surface area contributed by atoms with Gasteiger partial charge in [0.25, 0.3) is 0 Å². The van der Waals surface area contributed by atoms with Crippen molar-refractivity contribution in [2.24, 2.45) is 0 Å². The van der Waals surface area contributed by atoms with Crippen LogP contribution in [0.15, 0.2) is 18.2 Å². The lowest BCUT2D eigenvalue weighted by Gasteiger charge is -2.28. The van der Waals surface area contributed by atoms with Gasteiger partial charge in [-0.2, -0.15) is 0 Å². The molecular weight excluding hydrogens is 157 g/mol. The monoisotopic (exact) mass is 167 g/mol. The van der Waals surface area contributed by atoms with Crippen molar-refractivity contribution in [3.05, 3.63) is 29.6 Å². The van der Waals surface area contributed by atoms with E-state index in [1.165, 1.54) is 6.07 Å². The largest absolute Gasteiger partial charge is 0.508 e. The molecule has 2 nitrogen and oxygen atoms in total. The highest BCUT2D eigenvalue weighted by Crippen LogP contribution is 2.30. The second-order valence-corrected chi connectivity index (χ2v) is 3.00. The Labute approximate surface area is 70.0 Å². The van der Waals surface area contributed by atoms with Crippen molar-refractivity contribution in [3.8, 4) is 5.75 Å². The van der Waals surface area contributed by atoms with Crippen LogP contribution in [0.5, 0.6) is 5.75 Å². The maximum absolute atomic E-state index is 12.6. The van der Waals surface area contributed by atoms with Crippen LogP contribution in [0, 0.1) is 5.82 Å². The Hall–Kier alpha value is -1.09. The first-order valence-electron chi connectivity index (χ1n) is 3.99. The summed E-state index contributed by atoms with van der Waals surface area (Å²) in [6, 6.07) is 4.36. The molecule has 0 bridgehead atoms. The summed E-state index contributed by atoms with van der Waals surface area (Å²) in [6.45, 7) is 0.974. The Bertz CT molecular complexity index is 297. The summed E-state index contributed by atoms with van der Waals surface area (Å²) in [7, 11) is 0. The number of aromatic hydroxyl groups is 1. The average molecular weight is 167 g/mol. The molecule has 0 aromatic heterocycles. The molecule has 2 N–H and O–H groups in total. The van der Waals surface area contributed by atoms with Crippen LogP contribution in [0.4, 0.5) is 4.39 Å². The summed E-state index contributed by atoms with van der Waals surface area (Å²) in [4.78, 5) is 0. The second kappa shape index (κ2) is 2.75. The van der Waals surface area contributed by atoms with Crippen LogP contribution in [0.1, 0.15) is 18.0 Å². The SMILES string of the molecule is Oc1cc(F)ccc1C1CCN1. The smallest absolute Gasteiger partial charge is 0.126 e. The molecule has 0 aliphatic carbocycles. The molecule has 1 aromatic rings. The Morgan fingerprint density at radius 1 is 1.50 bits per heavy atom. The van der Waals surface area contributed by atoms with Crippen molar-refractivity contribution >= 4 is 0 Å². The lowest BCUT2D eigenvalue weighted by Crippen LogP contribution is -2.34. The predicted octanol–water partition coefficient (Wildman–Crippen LogP) is 1.57. The molecule has 1 aliphatic rings. The second-order valence-electron chi connectivity index (χ2n) is 3.00. The number of hydrogen-bond acceptors (Lipinski definition) is 2. The number of phenolic OH excluding ortho intramolecular Hbond substituents is 1. The van der Waals surface area contributed by atoms with Crippen molar-refractivity contribution < 1.29 is 9.50 Å². The fourth-order valence-corrected chi connectivity index (χ4v) is 1.37. The van der Waals surface area contributed by atoms with Gasteiger partial charge >= 0.3 is 0 Å². The third-order valence-corrected chi connectivity index (χ3v) is 2.19. The van der Waals surface area contributed by atoms with Crippen molar-refractivity contribution in [3.63, 3.8) is 0 Å². The topological polar surface area (TPSA) is 32.3 Å². The molecule has 0 radical (unpaired) electrons. The van der Waals surface area contributed by atoms with E-state index in [1.807, 2.05) is 0 Å². The highest BCUT2D eigenvalue weighted by Gasteiger charge is 2.21. The van der Waals surface area contributed by atoms with Crippen molar-refractivity contribution in [2.75, 3.05) is 6.54 Å². The normalized spacial score (nSPS) is 21.9. The van der Waals surface area contributed by atoms with E-state index in [2.05, 4.69) is 5.32 Å². The van der Waals surface area contributed by atoms with Gasteiger partial charge in [0.05, 0.1) is 0 Å². The fraction of sp³-hybridized carbons (Fsp3) is 0.333. The molecule has 1 saturated heterocycles. The van der Waals surface area contributed by atoms with Crippen LogP contribution in [0.25, 0.3) is 0 Å². The van der Waals surface area contributed by atoms with Crippen LogP contribution in [-0.4, -0.2) is 11.7 Å². The van der Waals surface area contributed by atoms with Crippen LogP contribution < -0.4 is 5.32 Å². The highest BCUT2D eigenvalue weighted by atomic mass is 19.1. The Morgan fingerprint density at radius 3 is 2.75 bits per heavy atom. The molecule has 12 heavy (non-hydrogen) atoms. The zero-order valence-corrected chi connectivity index (χ0v) is 6.55. The molecular formula is C9H10FNO. The number of halogens is 1. The van der Waals surface area contributed by atoms with E-state index < -0.39 is 5.82 Å². The van der Waals surface area contributed by atoms with Gasteiger partial charge < -0.3 is 10.4 Å². The molecule has 64 valence electrons. The zero-order valence-electron chi connectivity index (χ0n) is 6.55. The number of benzene rings is 1. The van der Waals surface area contributed by atoms with E-state index in [0.717, 1.165) is 24.6 Å². The first-order valence-corrected chi connectivity index (χ1v) is 3.99. The maximum Gasteiger partial charge on any atom is 0.126 e. The van der Waals surface area contributed by atoms with Gasteiger partial charge in [0.1, 0.15) is 11.6 Å². The average Bonchev–Trinajstić information content (AvgIpc) is 1.91. The molecule has 0 saturated carbocycles. The summed E-state index contributed by atoms with van der Waals surface area (Å²) in [5.41, 5.74) is 0.794. The van der Waals surface area contributed by atoms with Gasteiger partial charge in [-0.1, -0.05) is 6.07 Å². The lowest BCUT2D eigenvalue weighted by molar-refractivity contribution is 0.363. The minimum atomic E-state index is -0.393. The molecule has 1 aliphatic heterocycles. The Balaban J connectivity index is 2.31. The summed E-state index contributed by atoms with van der Waals surface area (Å²) in [5, 5.41) is 12.5. The van der Waals surface area contributed by atoms with Crippen LogP contribution in [0.3, 0.4) is 0 Å². The summed E-state index contributed by atoms with van der Waals surface area (Å²) < 4.78 is 12.6. The van der Waals surface area contributed by atoms with Gasteiger partial charge in [0, 0.05) is 17.7 Å². The highest BCUT2D eigenvalue weighted by molar-refractivity contribution is 5.36.